The monoisotopic (exact) mass is 380 g/mol. The lowest BCUT2D eigenvalue weighted by atomic mass is 9.73. The Morgan fingerprint density at radius 2 is 1.85 bits per heavy atom. The zero-order valence-electron chi connectivity index (χ0n) is 16.1. The van der Waals surface area contributed by atoms with E-state index in [1.807, 2.05) is 6.07 Å². The van der Waals surface area contributed by atoms with Gasteiger partial charge >= 0.3 is 0 Å². The number of benzene rings is 1. The fraction of sp³-hybridized carbons (Fsp3) is 0.667. The lowest BCUT2D eigenvalue weighted by Crippen LogP contribution is -2.52. The van der Waals surface area contributed by atoms with Crippen molar-refractivity contribution in [3.05, 3.63) is 29.8 Å². The maximum Gasteiger partial charge on any atom is 0.229 e. The normalized spacial score (nSPS) is 21.2. The van der Waals surface area contributed by atoms with Gasteiger partial charge in [-0.05, 0) is 70.7 Å². The summed E-state index contributed by atoms with van der Waals surface area (Å²) in [5.41, 5.74) is 1.12. The van der Waals surface area contributed by atoms with Gasteiger partial charge in [0.05, 0.1) is 12.0 Å². The predicted molar refractivity (Wildman–Crippen MR) is 108 cm³/mol. The third kappa shape index (κ3) is 4.72. The van der Waals surface area contributed by atoms with Gasteiger partial charge in [-0.25, -0.2) is 0 Å². The van der Waals surface area contributed by atoms with E-state index in [4.69, 9.17) is 4.74 Å². The van der Waals surface area contributed by atoms with Gasteiger partial charge in [0.2, 0.25) is 5.91 Å². The van der Waals surface area contributed by atoms with Gasteiger partial charge in [0.25, 0.3) is 0 Å². The minimum absolute atomic E-state index is 0. The van der Waals surface area contributed by atoms with Gasteiger partial charge in [-0.3, -0.25) is 4.79 Å². The number of carbonyl (C=O) groups excluding carboxylic acids is 1. The molecule has 2 aliphatic rings. The molecule has 0 aromatic heterocycles. The smallest absolute Gasteiger partial charge is 0.229 e. The summed E-state index contributed by atoms with van der Waals surface area (Å²) in [4.78, 5) is 15.5. The molecule has 1 amide bonds. The van der Waals surface area contributed by atoms with Crippen LogP contribution in [0.2, 0.25) is 0 Å². The van der Waals surface area contributed by atoms with E-state index in [1.54, 1.807) is 0 Å². The number of nitrogens with one attached hydrogen (secondary N) is 1. The number of carbonyl (C=O) groups is 1. The van der Waals surface area contributed by atoms with Crippen LogP contribution >= 0.6 is 12.4 Å². The van der Waals surface area contributed by atoms with E-state index in [9.17, 15) is 4.79 Å². The molecule has 0 aliphatic carbocycles. The van der Waals surface area contributed by atoms with Gasteiger partial charge in [-0.15, -0.1) is 12.4 Å². The van der Waals surface area contributed by atoms with Crippen LogP contribution in [0.5, 0.6) is 5.75 Å². The zero-order chi connectivity index (χ0) is 17.7. The lowest BCUT2D eigenvalue weighted by molar-refractivity contribution is -0.146. The summed E-state index contributed by atoms with van der Waals surface area (Å²) in [6.07, 6.45) is 6.20. The number of fused-ring (bicyclic) bond motifs is 1. The van der Waals surface area contributed by atoms with E-state index < -0.39 is 0 Å². The zero-order valence-corrected chi connectivity index (χ0v) is 16.9. The topological polar surface area (TPSA) is 41.6 Å². The van der Waals surface area contributed by atoms with Crippen molar-refractivity contribution in [1.29, 1.82) is 0 Å². The van der Waals surface area contributed by atoms with Crippen LogP contribution in [0.4, 0.5) is 0 Å². The first-order chi connectivity index (χ1) is 12.1. The van der Waals surface area contributed by atoms with Gasteiger partial charge in [0.1, 0.15) is 12.4 Å². The van der Waals surface area contributed by atoms with E-state index >= 15 is 0 Å². The molecule has 5 heteroatoms. The van der Waals surface area contributed by atoms with Crippen molar-refractivity contribution in [1.82, 2.24) is 10.2 Å². The van der Waals surface area contributed by atoms with E-state index in [1.165, 1.54) is 5.56 Å². The summed E-state index contributed by atoms with van der Waals surface area (Å²) < 4.78 is 6.06. The summed E-state index contributed by atoms with van der Waals surface area (Å²) >= 11 is 0. The molecule has 0 bridgehead atoms. The number of nitrogens with zero attached hydrogens (tertiary/aromatic N) is 1. The van der Waals surface area contributed by atoms with Crippen LogP contribution in [-0.2, 0) is 11.2 Å². The van der Waals surface area contributed by atoms with Crippen LogP contribution < -0.4 is 10.1 Å². The Bertz CT molecular complexity index is 585. The number of amides is 1. The number of halogens is 1. The fourth-order valence-electron chi connectivity index (χ4n) is 4.26. The molecule has 2 heterocycles. The van der Waals surface area contributed by atoms with Crippen molar-refractivity contribution in [2.75, 3.05) is 26.2 Å². The second-order valence-corrected chi connectivity index (χ2v) is 7.79. The molecule has 1 spiro atoms. The number of rotatable bonds is 1. The number of hydrogen-bond donors (Lipinski definition) is 1. The van der Waals surface area contributed by atoms with Crippen LogP contribution in [0.25, 0.3) is 0 Å². The summed E-state index contributed by atoms with van der Waals surface area (Å²) in [7, 11) is 0. The Labute approximate surface area is 164 Å². The highest BCUT2D eigenvalue weighted by Gasteiger charge is 2.42. The fourth-order valence-corrected chi connectivity index (χ4v) is 4.26. The molecule has 146 valence electrons. The first-order valence-corrected chi connectivity index (χ1v) is 9.85. The second kappa shape index (κ2) is 9.61. The molecule has 1 saturated heterocycles. The average molecular weight is 381 g/mol. The van der Waals surface area contributed by atoms with Crippen LogP contribution in [0.3, 0.4) is 0 Å². The van der Waals surface area contributed by atoms with Crippen molar-refractivity contribution in [2.24, 2.45) is 5.41 Å². The molecule has 1 aromatic carbocycles. The number of para-hydroxylation sites is 1. The van der Waals surface area contributed by atoms with E-state index in [-0.39, 0.29) is 23.9 Å². The highest BCUT2D eigenvalue weighted by Crippen LogP contribution is 2.38. The second-order valence-electron chi connectivity index (χ2n) is 7.79. The molecule has 0 saturated carbocycles. The number of hydrogen-bond acceptors (Lipinski definition) is 3. The number of aryl methyl sites for hydroxylation is 1. The maximum atomic E-state index is 13.5. The SMILES string of the molecule is CC(C)N1CCOc2ccccc2CCCCC2(CCNCC2)C1=O.Cl. The molecular weight excluding hydrogens is 348 g/mol. The third-order valence-electron chi connectivity index (χ3n) is 5.81. The van der Waals surface area contributed by atoms with Gasteiger partial charge in [-0.2, -0.15) is 0 Å². The largest absolute Gasteiger partial charge is 0.491 e. The minimum atomic E-state index is -0.172. The molecule has 26 heavy (non-hydrogen) atoms. The van der Waals surface area contributed by atoms with Crippen molar-refractivity contribution in [3.8, 4) is 5.75 Å². The first kappa shape index (κ1) is 21.0. The Hall–Kier alpha value is -1.26. The third-order valence-corrected chi connectivity index (χ3v) is 5.81. The Morgan fingerprint density at radius 3 is 2.58 bits per heavy atom. The van der Waals surface area contributed by atoms with E-state index in [0.29, 0.717) is 19.1 Å². The molecule has 1 N–H and O–H groups in total. The van der Waals surface area contributed by atoms with E-state index in [0.717, 1.165) is 57.4 Å². The van der Waals surface area contributed by atoms with Crippen LogP contribution in [-0.4, -0.2) is 43.1 Å². The predicted octanol–water partition coefficient (Wildman–Crippen LogP) is 3.82. The molecule has 1 fully saturated rings. The number of ether oxygens (including phenoxy) is 1. The summed E-state index contributed by atoms with van der Waals surface area (Å²) in [5, 5.41) is 3.42. The van der Waals surface area contributed by atoms with Crippen LogP contribution in [0, 0.1) is 5.41 Å². The van der Waals surface area contributed by atoms with Crippen molar-refractivity contribution >= 4 is 18.3 Å². The molecule has 0 radical (unpaired) electrons. The van der Waals surface area contributed by atoms with Gasteiger partial charge < -0.3 is 15.0 Å². The van der Waals surface area contributed by atoms with E-state index in [2.05, 4.69) is 42.3 Å². The standard InChI is InChI=1S/C21H32N2O2.ClH/c1-17(2)23-15-16-25-19-9-4-3-7-18(19)8-5-6-10-21(20(23)24)11-13-22-14-12-21;/h3-4,7,9,17,22H,5-6,8,10-16H2,1-2H3;1H. The first-order valence-electron chi connectivity index (χ1n) is 9.85. The van der Waals surface area contributed by atoms with Gasteiger partial charge in [0, 0.05) is 6.04 Å². The highest BCUT2D eigenvalue weighted by atomic mass is 35.5. The molecule has 3 rings (SSSR count). The Kier molecular flexibility index (Phi) is 7.78. The lowest BCUT2D eigenvalue weighted by Gasteiger charge is -2.42. The molecular formula is C21H33ClN2O2. The minimum Gasteiger partial charge on any atom is -0.491 e. The van der Waals surface area contributed by atoms with Gasteiger partial charge in [0.15, 0.2) is 0 Å². The Morgan fingerprint density at radius 1 is 1.12 bits per heavy atom. The molecule has 4 nitrogen and oxygen atoms in total. The van der Waals surface area contributed by atoms with Crippen molar-refractivity contribution in [3.63, 3.8) is 0 Å². The average Bonchev–Trinajstić information content (AvgIpc) is 2.62. The maximum absolute atomic E-state index is 13.5. The molecule has 0 unspecified atom stereocenters. The van der Waals surface area contributed by atoms with Gasteiger partial charge in [-0.1, -0.05) is 24.6 Å². The number of piperidine rings is 1. The molecule has 2 aliphatic heterocycles. The summed E-state index contributed by atoms with van der Waals surface area (Å²) in [5.74, 6) is 1.33. The highest BCUT2D eigenvalue weighted by molar-refractivity contribution is 5.85. The quantitative estimate of drug-likeness (QED) is 0.805. The summed E-state index contributed by atoms with van der Waals surface area (Å²) in [6.45, 7) is 7.38. The van der Waals surface area contributed by atoms with Crippen LogP contribution in [0.1, 0.15) is 51.5 Å². The van der Waals surface area contributed by atoms with Crippen molar-refractivity contribution in [2.45, 2.75) is 58.4 Å². The molecule has 1 aromatic rings. The summed E-state index contributed by atoms with van der Waals surface area (Å²) in [6, 6.07) is 8.55. The van der Waals surface area contributed by atoms with Crippen LogP contribution in [0.15, 0.2) is 24.3 Å². The molecule has 0 atom stereocenters. The van der Waals surface area contributed by atoms with Crippen molar-refractivity contribution < 1.29 is 9.53 Å². The Balaban J connectivity index is 0.00000243.